The topological polar surface area (TPSA) is 0 Å². The highest BCUT2D eigenvalue weighted by Crippen LogP contribution is 2.47. The van der Waals surface area contributed by atoms with Crippen molar-refractivity contribution in [3.05, 3.63) is 22.3 Å². The van der Waals surface area contributed by atoms with E-state index in [1.165, 1.54) is 12.8 Å². The molecule has 0 bridgehead atoms. The molecule has 0 amide bonds. The van der Waals surface area contributed by atoms with Gasteiger partial charge >= 0.3 is 0 Å². The second kappa shape index (κ2) is 5.70. The van der Waals surface area contributed by atoms with Gasteiger partial charge in [-0.2, -0.15) is 0 Å². The Hall–Kier alpha value is -0.520. The second-order valence-electron chi connectivity index (χ2n) is 7.82. The first-order valence-corrected chi connectivity index (χ1v) is 8.61. The molecular formula is C20H34. The van der Waals surface area contributed by atoms with Crippen molar-refractivity contribution in [2.24, 2.45) is 35.5 Å². The maximum atomic E-state index is 2.46. The van der Waals surface area contributed by atoms with Crippen LogP contribution in [0.3, 0.4) is 0 Å². The highest BCUT2D eigenvalue weighted by Gasteiger charge is 2.36. The van der Waals surface area contributed by atoms with Crippen LogP contribution in [0.25, 0.3) is 0 Å². The fourth-order valence-corrected chi connectivity index (χ4v) is 4.90. The third-order valence-electron chi connectivity index (χ3n) is 7.36. The maximum absolute atomic E-state index is 2.46. The van der Waals surface area contributed by atoms with E-state index in [2.05, 4.69) is 55.4 Å². The minimum absolute atomic E-state index is 0.790. The molecule has 0 aromatic heterocycles. The molecule has 0 saturated carbocycles. The highest BCUT2D eigenvalue weighted by atomic mass is 14.4. The minimum atomic E-state index is 0.790. The van der Waals surface area contributed by atoms with Crippen molar-refractivity contribution < 1.29 is 0 Å². The van der Waals surface area contributed by atoms with E-state index in [0.717, 1.165) is 35.5 Å². The van der Waals surface area contributed by atoms with Gasteiger partial charge in [0.25, 0.3) is 0 Å². The van der Waals surface area contributed by atoms with Crippen LogP contribution in [0.2, 0.25) is 0 Å². The lowest BCUT2D eigenvalue weighted by Gasteiger charge is -2.25. The van der Waals surface area contributed by atoms with Crippen molar-refractivity contribution >= 4 is 0 Å². The van der Waals surface area contributed by atoms with E-state index < -0.39 is 0 Å². The van der Waals surface area contributed by atoms with Gasteiger partial charge in [-0.15, -0.1) is 0 Å². The molecule has 0 aromatic carbocycles. The Labute approximate surface area is 126 Å². The predicted molar refractivity (Wildman–Crippen MR) is 89.6 cm³/mol. The summed E-state index contributed by atoms with van der Waals surface area (Å²) < 4.78 is 0. The van der Waals surface area contributed by atoms with Crippen molar-refractivity contribution in [2.75, 3.05) is 0 Å². The van der Waals surface area contributed by atoms with Gasteiger partial charge in [0.15, 0.2) is 0 Å². The average Bonchev–Trinajstić information content (AvgIpc) is 2.72. The van der Waals surface area contributed by atoms with Gasteiger partial charge < -0.3 is 0 Å². The van der Waals surface area contributed by atoms with Gasteiger partial charge in [0, 0.05) is 0 Å². The summed E-state index contributed by atoms with van der Waals surface area (Å²) in [4.78, 5) is 0. The first-order valence-electron chi connectivity index (χ1n) is 8.61. The summed E-state index contributed by atoms with van der Waals surface area (Å²) in [6.45, 7) is 19.2. The maximum Gasteiger partial charge on any atom is -0.0172 e. The number of hydrogen-bond acceptors (Lipinski definition) is 0. The third kappa shape index (κ3) is 2.40. The molecule has 2 unspecified atom stereocenters. The molecule has 0 radical (unpaired) electrons. The Morgan fingerprint density at radius 2 is 0.850 bits per heavy atom. The van der Waals surface area contributed by atoms with Gasteiger partial charge in [0.05, 0.1) is 0 Å². The summed E-state index contributed by atoms with van der Waals surface area (Å²) in [6.07, 6.45) is 2.78. The third-order valence-corrected chi connectivity index (χ3v) is 7.36. The molecule has 0 heterocycles. The van der Waals surface area contributed by atoms with E-state index in [1.54, 1.807) is 22.3 Å². The highest BCUT2D eigenvalue weighted by molar-refractivity contribution is 5.26. The summed E-state index contributed by atoms with van der Waals surface area (Å²) >= 11 is 0. The summed E-state index contributed by atoms with van der Waals surface area (Å²) in [5.41, 5.74) is 6.72. The lowest BCUT2D eigenvalue weighted by molar-refractivity contribution is 0.291. The van der Waals surface area contributed by atoms with E-state index >= 15 is 0 Å². The monoisotopic (exact) mass is 274 g/mol. The van der Waals surface area contributed by atoms with Crippen LogP contribution in [0, 0.1) is 35.5 Å². The standard InChI is InChI=1S/C20H34/c1-11-12(2)16(6)19(15(11)5)9-10-20-17(7)13(3)14(4)18(20)8/h11,13,15,17,19-20H,9-10H2,1-8H3/t11-,13-,15?,17?,19-,20-/m1/s1. The molecule has 0 saturated heterocycles. The molecule has 0 spiro atoms. The molecule has 0 nitrogen and oxygen atoms in total. The summed E-state index contributed by atoms with van der Waals surface area (Å²) in [5, 5.41) is 0. The summed E-state index contributed by atoms with van der Waals surface area (Å²) in [5.74, 6) is 4.93. The SMILES string of the molecule is CC1=C(C)[C@H](CC[C@H]2C(C)=C(C)[C@@H](C)C2C)C(C)[C@@H]1C. The van der Waals surface area contributed by atoms with Crippen molar-refractivity contribution in [2.45, 2.75) is 68.2 Å². The Kier molecular flexibility index (Phi) is 4.52. The molecule has 0 aliphatic heterocycles. The van der Waals surface area contributed by atoms with E-state index in [4.69, 9.17) is 0 Å². The number of allylic oxidation sites excluding steroid dienone is 4. The number of hydrogen-bond donors (Lipinski definition) is 0. The van der Waals surface area contributed by atoms with Crippen LogP contribution in [0.1, 0.15) is 68.2 Å². The molecule has 2 rings (SSSR count). The molecule has 2 aliphatic rings. The Morgan fingerprint density at radius 3 is 1.05 bits per heavy atom. The zero-order chi connectivity index (χ0) is 15.2. The fourth-order valence-electron chi connectivity index (χ4n) is 4.90. The van der Waals surface area contributed by atoms with Gasteiger partial charge in [-0.25, -0.2) is 0 Å². The van der Waals surface area contributed by atoms with Crippen molar-refractivity contribution in [3.8, 4) is 0 Å². The van der Waals surface area contributed by atoms with Crippen LogP contribution in [-0.2, 0) is 0 Å². The van der Waals surface area contributed by atoms with Crippen LogP contribution in [0.15, 0.2) is 22.3 Å². The van der Waals surface area contributed by atoms with Crippen LogP contribution in [0.4, 0.5) is 0 Å². The van der Waals surface area contributed by atoms with Gasteiger partial charge in [-0.05, 0) is 76.0 Å². The van der Waals surface area contributed by atoms with Gasteiger partial charge in [0.1, 0.15) is 0 Å². The van der Waals surface area contributed by atoms with Crippen molar-refractivity contribution in [1.29, 1.82) is 0 Å². The summed E-state index contributed by atoms with van der Waals surface area (Å²) in [7, 11) is 0. The van der Waals surface area contributed by atoms with Crippen LogP contribution in [-0.4, -0.2) is 0 Å². The first-order chi connectivity index (χ1) is 9.27. The predicted octanol–water partition coefficient (Wildman–Crippen LogP) is 6.24. The van der Waals surface area contributed by atoms with Crippen molar-refractivity contribution in [3.63, 3.8) is 0 Å². The lowest BCUT2D eigenvalue weighted by Crippen LogP contribution is -2.17. The molecule has 6 atom stereocenters. The second-order valence-corrected chi connectivity index (χ2v) is 7.82. The van der Waals surface area contributed by atoms with Gasteiger partial charge in [-0.3, -0.25) is 0 Å². The quantitative estimate of drug-likeness (QED) is 0.534. The Balaban J connectivity index is 2.04. The molecule has 0 aromatic rings. The molecule has 0 N–H and O–H groups in total. The van der Waals surface area contributed by atoms with Crippen LogP contribution >= 0.6 is 0 Å². The van der Waals surface area contributed by atoms with E-state index in [1.807, 2.05) is 0 Å². The van der Waals surface area contributed by atoms with E-state index in [0.29, 0.717) is 0 Å². The molecule has 0 fully saturated rings. The first kappa shape index (κ1) is 15.9. The molecule has 0 heteroatoms. The Bertz CT molecular complexity index is 395. The smallest absolute Gasteiger partial charge is 0.0172 e. The number of rotatable bonds is 3. The molecular weight excluding hydrogens is 240 g/mol. The normalized spacial score (nSPS) is 42.0. The lowest BCUT2D eigenvalue weighted by atomic mass is 9.79. The minimum Gasteiger partial charge on any atom is -0.0710 e. The van der Waals surface area contributed by atoms with Crippen molar-refractivity contribution in [1.82, 2.24) is 0 Å². The molecule has 2 aliphatic carbocycles. The van der Waals surface area contributed by atoms with Crippen LogP contribution < -0.4 is 0 Å². The zero-order valence-electron chi connectivity index (χ0n) is 14.9. The molecule has 20 heavy (non-hydrogen) atoms. The van der Waals surface area contributed by atoms with E-state index in [-0.39, 0.29) is 0 Å². The van der Waals surface area contributed by atoms with Crippen LogP contribution in [0.5, 0.6) is 0 Å². The fraction of sp³-hybridized carbons (Fsp3) is 0.800. The zero-order valence-corrected chi connectivity index (χ0v) is 14.9. The molecule has 114 valence electrons. The van der Waals surface area contributed by atoms with E-state index in [9.17, 15) is 0 Å². The summed E-state index contributed by atoms with van der Waals surface area (Å²) in [6, 6.07) is 0. The van der Waals surface area contributed by atoms with Gasteiger partial charge in [0.2, 0.25) is 0 Å². The van der Waals surface area contributed by atoms with Gasteiger partial charge in [-0.1, -0.05) is 50.0 Å². The largest absolute Gasteiger partial charge is 0.0710 e. The Morgan fingerprint density at radius 1 is 0.550 bits per heavy atom. The average molecular weight is 274 g/mol.